The number of rotatable bonds is 5. The van der Waals surface area contributed by atoms with Gasteiger partial charge in [-0.05, 0) is 84.0 Å². The Morgan fingerprint density at radius 1 is 1.33 bits per heavy atom. The normalized spacial score (nSPS) is 18.6. The van der Waals surface area contributed by atoms with Crippen molar-refractivity contribution < 1.29 is 14.3 Å². The summed E-state index contributed by atoms with van der Waals surface area (Å²) in [5.74, 6) is 0.237. The second kappa shape index (κ2) is 10.0. The molecule has 2 unspecified atom stereocenters. The molecule has 7 heteroatoms. The van der Waals surface area contributed by atoms with Crippen LogP contribution in [0.15, 0.2) is 12.1 Å². The van der Waals surface area contributed by atoms with Crippen LogP contribution in [0.3, 0.4) is 0 Å². The smallest absolute Gasteiger partial charge is 0.410 e. The molecule has 2 atom stereocenters. The van der Waals surface area contributed by atoms with Gasteiger partial charge in [0.25, 0.3) is 0 Å². The first-order valence-corrected chi connectivity index (χ1v) is 11.0. The summed E-state index contributed by atoms with van der Waals surface area (Å²) in [6.45, 7) is 13.7. The summed E-state index contributed by atoms with van der Waals surface area (Å²) in [7, 11) is 1.77. The third kappa shape index (κ3) is 6.88. The van der Waals surface area contributed by atoms with Crippen LogP contribution in [-0.2, 0) is 9.53 Å². The van der Waals surface area contributed by atoms with Crippen molar-refractivity contribution in [3.63, 3.8) is 0 Å². The highest BCUT2D eigenvalue weighted by Gasteiger charge is 2.30. The number of aryl methyl sites for hydroxylation is 2. The lowest BCUT2D eigenvalue weighted by Gasteiger charge is -2.37. The van der Waals surface area contributed by atoms with Gasteiger partial charge in [-0.1, -0.05) is 17.7 Å². The Labute approximate surface area is 185 Å². The summed E-state index contributed by atoms with van der Waals surface area (Å²) in [4.78, 5) is 29.0. The zero-order valence-electron chi connectivity index (χ0n) is 19.3. The van der Waals surface area contributed by atoms with Crippen molar-refractivity contribution in [2.45, 2.75) is 66.0 Å². The number of piperidine rings is 1. The van der Waals surface area contributed by atoms with Gasteiger partial charge in [0.2, 0.25) is 5.91 Å². The van der Waals surface area contributed by atoms with Gasteiger partial charge in [0.15, 0.2) is 0 Å². The van der Waals surface area contributed by atoms with Gasteiger partial charge in [0.1, 0.15) is 5.60 Å². The van der Waals surface area contributed by atoms with Crippen molar-refractivity contribution in [2.75, 3.05) is 32.0 Å². The highest BCUT2D eigenvalue weighted by molar-refractivity contribution is 6.34. The number of carbonyl (C=O) groups excluding carboxylic acids is 2. The molecule has 0 saturated carbocycles. The van der Waals surface area contributed by atoms with Crippen molar-refractivity contribution in [1.29, 1.82) is 0 Å². The number of hydrogen-bond donors (Lipinski definition) is 1. The minimum Gasteiger partial charge on any atom is -0.444 e. The third-order valence-corrected chi connectivity index (χ3v) is 5.69. The average Bonchev–Trinajstić information content (AvgIpc) is 2.62. The van der Waals surface area contributed by atoms with Gasteiger partial charge in [0, 0.05) is 20.1 Å². The molecule has 0 aromatic heterocycles. The lowest BCUT2D eigenvalue weighted by Crippen LogP contribution is -2.49. The molecule has 6 nitrogen and oxygen atoms in total. The summed E-state index contributed by atoms with van der Waals surface area (Å²) in [6, 6.07) is 3.59. The van der Waals surface area contributed by atoms with Crippen LogP contribution >= 0.6 is 11.6 Å². The number of nitrogens with zero attached hydrogens (tertiary/aromatic N) is 2. The van der Waals surface area contributed by atoms with E-state index in [2.05, 4.69) is 10.2 Å². The SMILES string of the molecule is Cc1cc(C)c(NC(=O)C(C)N2CCCC(CN(C)C(=O)OC(C)(C)C)C2)c(Cl)c1. The predicted octanol–water partition coefficient (Wildman–Crippen LogP) is 4.86. The summed E-state index contributed by atoms with van der Waals surface area (Å²) >= 11 is 6.35. The molecule has 0 spiro atoms. The van der Waals surface area contributed by atoms with Crippen molar-refractivity contribution >= 4 is 29.3 Å². The van der Waals surface area contributed by atoms with Gasteiger partial charge < -0.3 is 15.0 Å². The number of amides is 2. The van der Waals surface area contributed by atoms with E-state index in [1.165, 1.54) is 0 Å². The maximum atomic E-state index is 12.9. The topological polar surface area (TPSA) is 61.9 Å². The minimum atomic E-state index is -0.508. The van der Waals surface area contributed by atoms with E-state index in [9.17, 15) is 9.59 Å². The molecule has 2 rings (SSSR count). The molecule has 0 bridgehead atoms. The number of carbonyl (C=O) groups is 2. The first kappa shape index (κ1) is 24.5. The van der Waals surface area contributed by atoms with Crippen LogP contribution in [-0.4, -0.2) is 60.1 Å². The molecule has 30 heavy (non-hydrogen) atoms. The van der Waals surface area contributed by atoms with Gasteiger partial charge >= 0.3 is 6.09 Å². The van der Waals surface area contributed by atoms with Gasteiger partial charge in [-0.3, -0.25) is 9.69 Å². The van der Waals surface area contributed by atoms with Crippen molar-refractivity contribution in [3.05, 3.63) is 28.3 Å². The maximum Gasteiger partial charge on any atom is 0.410 e. The Morgan fingerprint density at radius 3 is 2.60 bits per heavy atom. The highest BCUT2D eigenvalue weighted by Crippen LogP contribution is 2.28. The van der Waals surface area contributed by atoms with Crippen LogP contribution in [0.2, 0.25) is 5.02 Å². The van der Waals surface area contributed by atoms with Gasteiger partial charge in [-0.2, -0.15) is 0 Å². The molecule has 1 N–H and O–H groups in total. The fraction of sp³-hybridized carbons (Fsp3) is 0.652. The molecule has 1 heterocycles. The second-order valence-corrected chi connectivity index (χ2v) is 9.88. The number of anilines is 1. The molecular weight excluding hydrogens is 402 g/mol. The minimum absolute atomic E-state index is 0.0648. The lowest BCUT2D eigenvalue weighted by molar-refractivity contribution is -0.121. The fourth-order valence-corrected chi connectivity index (χ4v) is 4.24. The summed E-state index contributed by atoms with van der Waals surface area (Å²) in [5, 5.41) is 3.56. The van der Waals surface area contributed by atoms with Crippen LogP contribution in [0.5, 0.6) is 0 Å². The first-order chi connectivity index (χ1) is 13.9. The van der Waals surface area contributed by atoms with Gasteiger partial charge in [-0.25, -0.2) is 4.79 Å². The molecule has 1 aromatic rings. The van der Waals surface area contributed by atoms with Gasteiger partial charge in [-0.15, -0.1) is 0 Å². The van der Waals surface area contributed by atoms with Crippen molar-refractivity contribution in [1.82, 2.24) is 9.80 Å². The Hall–Kier alpha value is -1.79. The number of benzene rings is 1. The quantitative estimate of drug-likeness (QED) is 0.714. The van der Waals surface area contributed by atoms with Crippen molar-refractivity contribution in [3.8, 4) is 0 Å². The Balaban J connectivity index is 1.96. The van der Waals surface area contributed by atoms with E-state index in [1.807, 2.05) is 53.7 Å². The van der Waals surface area contributed by atoms with E-state index in [1.54, 1.807) is 11.9 Å². The number of hydrogen-bond acceptors (Lipinski definition) is 4. The Morgan fingerprint density at radius 2 is 2.00 bits per heavy atom. The zero-order chi connectivity index (χ0) is 22.6. The number of halogens is 1. The molecule has 1 aliphatic heterocycles. The number of nitrogens with one attached hydrogen (secondary N) is 1. The monoisotopic (exact) mass is 437 g/mol. The largest absolute Gasteiger partial charge is 0.444 e. The van der Waals surface area contributed by atoms with Crippen LogP contribution in [0, 0.1) is 19.8 Å². The third-order valence-electron chi connectivity index (χ3n) is 5.39. The average molecular weight is 438 g/mol. The first-order valence-electron chi connectivity index (χ1n) is 10.6. The van der Waals surface area contributed by atoms with Crippen LogP contribution in [0.25, 0.3) is 0 Å². The van der Waals surface area contributed by atoms with Crippen LogP contribution in [0.4, 0.5) is 10.5 Å². The van der Waals surface area contributed by atoms with E-state index >= 15 is 0 Å². The summed E-state index contributed by atoms with van der Waals surface area (Å²) in [6.07, 6.45) is 1.71. The number of ether oxygens (including phenoxy) is 1. The summed E-state index contributed by atoms with van der Waals surface area (Å²) < 4.78 is 5.45. The molecular formula is C23H36ClN3O3. The second-order valence-electron chi connectivity index (χ2n) is 9.47. The van der Waals surface area contributed by atoms with Crippen molar-refractivity contribution in [2.24, 2.45) is 5.92 Å². The molecule has 0 aliphatic carbocycles. The van der Waals surface area contributed by atoms with E-state index in [0.29, 0.717) is 23.2 Å². The maximum absolute atomic E-state index is 12.9. The molecule has 0 radical (unpaired) electrons. The molecule has 2 amide bonds. The molecule has 1 aliphatic rings. The van der Waals surface area contributed by atoms with Crippen LogP contribution < -0.4 is 5.32 Å². The standard InChI is InChI=1S/C23H36ClN3O3/c1-15-11-16(2)20(19(24)12-15)25-21(28)17(3)27-10-8-9-18(14-27)13-26(7)22(29)30-23(4,5)6/h11-12,17-18H,8-10,13-14H2,1-7H3,(H,25,28). The molecule has 1 saturated heterocycles. The molecule has 1 fully saturated rings. The number of likely N-dealkylation sites (tertiary alicyclic amines) is 1. The van der Waals surface area contributed by atoms with E-state index < -0.39 is 5.60 Å². The van der Waals surface area contributed by atoms with E-state index in [-0.39, 0.29) is 18.0 Å². The Kier molecular flexibility index (Phi) is 8.17. The fourth-order valence-electron chi connectivity index (χ4n) is 3.87. The molecule has 168 valence electrons. The predicted molar refractivity (Wildman–Crippen MR) is 122 cm³/mol. The zero-order valence-corrected chi connectivity index (χ0v) is 20.1. The van der Waals surface area contributed by atoms with E-state index in [0.717, 1.165) is 37.1 Å². The van der Waals surface area contributed by atoms with Gasteiger partial charge in [0.05, 0.1) is 16.8 Å². The summed E-state index contributed by atoms with van der Waals surface area (Å²) in [5.41, 5.74) is 2.19. The molecule has 1 aromatic carbocycles. The van der Waals surface area contributed by atoms with E-state index in [4.69, 9.17) is 16.3 Å². The van der Waals surface area contributed by atoms with Crippen LogP contribution in [0.1, 0.15) is 51.7 Å². The Bertz CT molecular complexity index is 752. The lowest BCUT2D eigenvalue weighted by atomic mass is 9.96. The highest BCUT2D eigenvalue weighted by atomic mass is 35.5.